The second-order valence-corrected chi connectivity index (χ2v) is 7.28. The molecule has 1 amide bonds. The molecule has 4 rings (SSSR count). The molecule has 2 aromatic carbocycles. The third-order valence-corrected chi connectivity index (χ3v) is 5.31. The molecule has 0 saturated carbocycles. The molecule has 0 radical (unpaired) electrons. The molecule has 1 aliphatic rings. The van der Waals surface area contributed by atoms with Gasteiger partial charge in [0.2, 0.25) is 0 Å². The largest absolute Gasteiger partial charge is 0.462 e. The van der Waals surface area contributed by atoms with Gasteiger partial charge in [0.05, 0.1) is 29.9 Å². The summed E-state index contributed by atoms with van der Waals surface area (Å²) < 4.78 is 34.6. The first-order valence-corrected chi connectivity index (χ1v) is 10.0. The normalized spacial score (nSPS) is 13.1. The Balaban J connectivity index is 1.61. The van der Waals surface area contributed by atoms with Gasteiger partial charge in [0, 0.05) is 18.2 Å². The first-order chi connectivity index (χ1) is 14.9. The SMILES string of the molecule is CCOC(=O)c1cnn(-c2ccc(C(=O)N3CCCc4cc(F)cc(F)c43)cc2)c1C. The average Bonchev–Trinajstić information content (AvgIpc) is 3.14. The molecule has 0 bridgehead atoms. The van der Waals surface area contributed by atoms with E-state index in [0.717, 1.165) is 6.07 Å². The summed E-state index contributed by atoms with van der Waals surface area (Å²) in [6, 6.07) is 8.73. The van der Waals surface area contributed by atoms with Gasteiger partial charge in [-0.25, -0.2) is 18.3 Å². The van der Waals surface area contributed by atoms with Gasteiger partial charge in [-0.1, -0.05) is 0 Å². The van der Waals surface area contributed by atoms with Gasteiger partial charge in [-0.15, -0.1) is 0 Å². The van der Waals surface area contributed by atoms with E-state index in [1.165, 1.54) is 17.2 Å². The van der Waals surface area contributed by atoms with E-state index in [0.29, 0.717) is 47.5 Å². The molecule has 6 nitrogen and oxygen atoms in total. The number of halogens is 2. The second-order valence-electron chi connectivity index (χ2n) is 7.28. The fourth-order valence-electron chi connectivity index (χ4n) is 3.83. The summed E-state index contributed by atoms with van der Waals surface area (Å²) >= 11 is 0. The maximum absolute atomic E-state index is 14.4. The zero-order valence-electron chi connectivity index (χ0n) is 17.2. The molecule has 8 heteroatoms. The summed E-state index contributed by atoms with van der Waals surface area (Å²) in [5.74, 6) is -2.19. The molecule has 0 saturated heterocycles. The number of hydrogen-bond acceptors (Lipinski definition) is 4. The van der Waals surface area contributed by atoms with E-state index in [1.807, 2.05) is 0 Å². The highest BCUT2D eigenvalue weighted by Gasteiger charge is 2.27. The Bertz CT molecular complexity index is 1160. The molecule has 3 aromatic rings. The van der Waals surface area contributed by atoms with E-state index in [-0.39, 0.29) is 18.2 Å². The van der Waals surface area contributed by atoms with Crippen LogP contribution in [0.2, 0.25) is 0 Å². The molecule has 1 aliphatic heterocycles. The van der Waals surface area contributed by atoms with Crippen molar-refractivity contribution < 1.29 is 23.1 Å². The van der Waals surface area contributed by atoms with Crippen LogP contribution in [0.3, 0.4) is 0 Å². The first kappa shape index (κ1) is 20.7. The van der Waals surface area contributed by atoms with Crippen LogP contribution in [0.4, 0.5) is 14.5 Å². The first-order valence-electron chi connectivity index (χ1n) is 10.0. The zero-order valence-corrected chi connectivity index (χ0v) is 17.2. The molecule has 0 spiro atoms. The number of nitrogens with zero attached hydrogens (tertiary/aromatic N) is 3. The highest BCUT2D eigenvalue weighted by Crippen LogP contribution is 2.32. The van der Waals surface area contributed by atoms with Crippen molar-refractivity contribution in [2.24, 2.45) is 0 Å². The van der Waals surface area contributed by atoms with E-state index >= 15 is 0 Å². The number of esters is 1. The Morgan fingerprint density at radius 1 is 1.16 bits per heavy atom. The Hall–Kier alpha value is -3.55. The standard InChI is InChI=1S/C23H21F2N3O3/c1-3-31-23(30)19-13-26-28(14(19)2)18-8-6-15(7-9-18)22(29)27-10-4-5-16-11-17(24)12-20(25)21(16)27/h6-9,11-13H,3-5,10H2,1-2H3. The molecule has 0 atom stereocenters. The molecule has 160 valence electrons. The summed E-state index contributed by atoms with van der Waals surface area (Å²) in [6.45, 7) is 4.12. The van der Waals surface area contributed by atoms with Crippen LogP contribution < -0.4 is 4.90 Å². The van der Waals surface area contributed by atoms with Crippen molar-refractivity contribution in [1.29, 1.82) is 0 Å². The minimum Gasteiger partial charge on any atom is -0.462 e. The molecular formula is C23H21F2N3O3. The van der Waals surface area contributed by atoms with Crippen molar-refractivity contribution >= 4 is 17.6 Å². The van der Waals surface area contributed by atoms with Crippen molar-refractivity contribution in [2.45, 2.75) is 26.7 Å². The lowest BCUT2D eigenvalue weighted by atomic mass is 10.00. The third-order valence-electron chi connectivity index (χ3n) is 5.31. The molecular weight excluding hydrogens is 404 g/mol. The number of carbonyl (C=O) groups is 2. The van der Waals surface area contributed by atoms with Crippen molar-refractivity contribution in [3.63, 3.8) is 0 Å². The van der Waals surface area contributed by atoms with Crippen LogP contribution in [0, 0.1) is 18.6 Å². The number of benzene rings is 2. The zero-order chi connectivity index (χ0) is 22.1. The van der Waals surface area contributed by atoms with Crippen LogP contribution in [0.5, 0.6) is 0 Å². The van der Waals surface area contributed by atoms with E-state index < -0.39 is 17.6 Å². The number of ether oxygens (including phenoxy) is 1. The van der Waals surface area contributed by atoms with Crippen molar-refractivity contribution in [1.82, 2.24) is 9.78 Å². The molecule has 0 fully saturated rings. The number of carbonyl (C=O) groups excluding carboxylic acids is 2. The predicted molar refractivity (Wildman–Crippen MR) is 111 cm³/mol. The van der Waals surface area contributed by atoms with Gasteiger partial charge in [0.15, 0.2) is 0 Å². The molecule has 0 unspecified atom stereocenters. The Labute approximate surface area is 178 Å². The average molecular weight is 425 g/mol. The number of aryl methyl sites for hydroxylation is 1. The number of fused-ring (bicyclic) bond motifs is 1. The lowest BCUT2D eigenvalue weighted by molar-refractivity contribution is 0.0525. The van der Waals surface area contributed by atoms with Crippen LogP contribution in [-0.4, -0.2) is 34.8 Å². The number of aromatic nitrogens is 2. The van der Waals surface area contributed by atoms with Crippen LogP contribution in [0.25, 0.3) is 5.69 Å². The van der Waals surface area contributed by atoms with Crippen LogP contribution in [-0.2, 0) is 11.2 Å². The maximum atomic E-state index is 14.4. The van der Waals surface area contributed by atoms with Gasteiger partial charge in [-0.05, 0) is 62.6 Å². The minimum atomic E-state index is -0.738. The maximum Gasteiger partial charge on any atom is 0.341 e. The van der Waals surface area contributed by atoms with Crippen molar-refractivity contribution in [3.05, 3.63) is 76.6 Å². The quantitative estimate of drug-likeness (QED) is 0.587. The molecule has 0 aliphatic carbocycles. The van der Waals surface area contributed by atoms with Gasteiger partial charge in [0.1, 0.15) is 17.2 Å². The second kappa shape index (κ2) is 8.29. The summed E-state index contributed by atoms with van der Waals surface area (Å²) in [5, 5.41) is 4.24. The smallest absolute Gasteiger partial charge is 0.341 e. The van der Waals surface area contributed by atoms with E-state index in [9.17, 15) is 18.4 Å². The third kappa shape index (κ3) is 3.81. The lowest BCUT2D eigenvalue weighted by Gasteiger charge is -2.30. The van der Waals surface area contributed by atoms with Crippen LogP contribution in [0.15, 0.2) is 42.6 Å². The Morgan fingerprint density at radius 3 is 2.61 bits per heavy atom. The fourth-order valence-corrected chi connectivity index (χ4v) is 3.83. The van der Waals surface area contributed by atoms with Gasteiger partial charge in [0.25, 0.3) is 5.91 Å². The summed E-state index contributed by atoms with van der Waals surface area (Å²) in [6.07, 6.45) is 2.59. The van der Waals surface area contributed by atoms with Gasteiger partial charge in [-0.3, -0.25) is 4.79 Å². The topological polar surface area (TPSA) is 64.4 Å². The van der Waals surface area contributed by atoms with E-state index in [2.05, 4.69) is 5.10 Å². The van der Waals surface area contributed by atoms with Crippen LogP contribution in [0.1, 0.15) is 45.3 Å². The van der Waals surface area contributed by atoms with Gasteiger partial charge >= 0.3 is 5.97 Å². The minimum absolute atomic E-state index is 0.142. The summed E-state index contributed by atoms with van der Waals surface area (Å²) in [5.41, 5.74) is 2.66. The van der Waals surface area contributed by atoms with Crippen molar-refractivity contribution in [2.75, 3.05) is 18.1 Å². The molecule has 2 heterocycles. The van der Waals surface area contributed by atoms with Gasteiger partial charge < -0.3 is 9.64 Å². The van der Waals surface area contributed by atoms with E-state index in [1.54, 1.807) is 42.8 Å². The number of hydrogen-bond donors (Lipinski definition) is 0. The molecule has 31 heavy (non-hydrogen) atoms. The Kier molecular flexibility index (Phi) is 5.54. The highest BCUT2D eigenvalue weighted by atomic mass is 19.1. The fraction of sp³-hybridized carbons (Fsp3) is 0.261. The van der Waals surface area contributed by atoms with Crippen molar-refractivity contribution in [3.8, 4) is 5.69 Å². The number of rotatable bonds is 4. The van der Waals surface area contributed by atoms with Gasteiger partial charge in [-0.2, -0.15) is 5.10 Å². The van der Waals surface area contributed by atoms with Crippen LogP contribution >= 0.6 is 0 Å². The number of anilines is 1. The molecule has 0 N–H and O–H groups in total. The highest BCUT2D eigenvalue weighted by molar-refractivity contribution is 6.07. The van der Waals surface area contributed by atoms with E-state index in [4.69, 9.17) is 4.74 Å². The number of amides is 1. The monoisotopic (exact) mass is 425 g/mol. The summed E-state index contributed by atoms with van der Waals surface area (Å²) in [7, 11) is 0. The molecule has 1 aromatic heterocycles. The summed E-state index contributed by atoms with van der Waals surface area (Å²) in [4.78, 5) is 26.4. The Morgan fingerprint density at radius 2 is 1.90 bits per heavy atom. The lowest BCUT2D eigenvalue weighted by Crippen LogP contribution is -2.36. The predicted octanol–water partition coefficient (Wildman–Crippen LogP) is 4.23.